The second kappa shape index (κ2) is 7.38. The summed E-state index contributed by atoms with van der Waals surface area (Å²) in [4.78, 5) is 14.6. The predicted octanol–water partition coefficient (Wildman–Crippen LogP) is 3.67. The Morgan fingerprint density at radius 3 is 2.74 bits per heavy atom. The number of carbonyl (C=O) groups excluding carboxylic acids is 1. The van der Waals surface area contributed by atoms with E-state index in [1.807, 2.05) is 31.2 Å². The van der Waals surface area contributed by atoms with E-state index in [4.69, 9.17) is 11.6 Å². The number of amides is 1. The topological polar surface area (TPSA) is 58.1 Å². The number of hydrogen-bond acceptors (Lipinski definition) is 5. The summed E-state index contributed by atoms with van der Waals surface area (Å²) in [7, 11) is 0. The van der Waals surface area contributed by atoms with Gasteiger partial charge in [0.25, 0.3) is 0 Å². The number of nitrogens with one attached hydrogen (secondary N) is 1. The molecule has 0 spiro atoms. The standard InChI is InChI=1S/C16H19ClN4OS/c1-11(21-9-5-2-6-10-21)14(22)18-16-20-19-15(23-16)12-7-3-4-8-13(12)17/h3-4,7-8,11H,2,5-6,9-10H2,1H3,(H,18,20,22). The first-order valence-corrected chi connectivity index (χ1v) is 8.98. The largest absolute Gasteiger partial charge is 0.299 e. The first kappa shape index (κ1) is 16.4. The summed E-state index contributed by atoms with van der Waals surface area (Å²) in [6, 6.07) is 7.33. The van der Waals surface area contributed by atoms with E-state index in [-0.39, 0.29) is 11.9 Å². The number of rotatable bonds is 4. The van der Waals surface area contributed by atoms with Gasteiger partial charge in [0.15, 0.2) is 5.01 Å². The molecule has 1 amide bonds. The van der Waals surface area contributed by atoms with Gasteiger partial charge in [0.05, 0.1) is 11.1 Å². The molecule has 1 N–H and O–H groups in total. The molecular formula is C16H19ClN4OS. The lowest BCUT2D eigenvalue weighted by atomic mass is 10.1. The van der Waals surface area contributed by atoms with E-state index in [9.17, 15) is 4.79 Å². The maximum atomic E-state index is 12.4. The fourth-order valence-corrected chi connectivity index (χ4v) is 3.77. The molecule has 0 saturated carbocycles. The second-order valence-corrected chi connectivity index (χ2v) is 7.04. The molecule has 1 atom stereocenters. The minimum absolute atomic E-state index is 0.0336. The van der Waals surface area contributed by atoms with Crippen molar-refractivity contribution in [3.63, 3.8) is 0 Å². The van der Waals surface area contributed by atoms with E-state index in [2.05, 4.69) is 20.4 Å². The van der Waals surface area contributed by atoms with Crippen molar-refractivity contribution in [2.45, 2.75) is 32.2 Å². The Balaban J connectivity index is 1.66. The maximum Gasteiger partial charge on any atom is 0.243 e. The zero-order valence-corrected chi connectivity index (χ0v) is 14.5. The van der Waals surface area contributed by atoms with Crippen molar-refractivity contribution >= 4 is 34.0 Å². The van der Waals surface area contributed by atoms with Crippen molar-refractivity contribution < 1.29 is 4.79 Å². The molecule has 1 aliphatic rings. The van der Waals surface area contributed by atoms with Gasteiger partial charge in [-0.15, -0.1) is 10.2 Å². The van der Waals surface area contributed by atoms with Crippen LogP contribution in [-0.2, 0) is 4.79 Å². The number of benzene rings is 1. The second-order valence-electron chi connectivity index (χ2n) is 5.65. The van der Waals surface area contributed by atoms with Gasteiger partial charge in [0.1, 0.15) is 0 Å². The Morgan fingerprint density at radius 1 is 1.26 bits per heavy atom. The molecule has 0 radical (unpaired) electrons. The van der Waals surface area contributed by atoms with Crippen LogP contribution in [0.15, 0.2) is 24.3 Å². The molecule has 0 bridgehead atoms. The van der Waals surface area contributed by atoms with E-state index in [1.165, 1.54) is 17.8 Å². The quantitative estimate of drug-likeness (QED) is 0.914. The van der Waals surface area contributed by atoms with E-state index in [0.717, 1.165) is 31.5 Å². The predicted molar refractivity (Wildman–Crippen MR) is 93.9 cm³/mol. The zero-order valence-electron chi connectivity index (χ0n) is 13.0. The Hall–Kier alpha value is -1.50. The van der Waals surface area contributed by atoms with Crippen molar-refractivity contribution in [1.29, 1.82) is 0 Å². The van der Waals surface area contributed by atoms with Gasteiger partial charge in [-0.25, -0.2) is 0 Å². The van der Waals surface area contributed by atoms with Crippen LogP contribution in [0.1, 0.15) is 26.2 Å². The van der Waals surface area contributed by atoms with Crippen LogP contribution < -0.4 is 5.32 Å². The average Bonchev–Trinajstić information content (AvgIpc) is 3.03. The SMILES string of the molecule is CC(C(=O)Nc1nnc(-c2ccccc2Cl)s1)N1CCCCC1. The molecule has 1 aliphatic heterocycles. The smallest absolute Gasteiger partial charge is 0.243 e. The van der Waals surface area contributed by atoms with Crippen molar-refractivity contribution in [1.82, 2.24) is 15.1 Å². The van der Waals surface area contributed by atoms with Crippen molar-refractivity contribution in [2.75, 3.05) is 18.4 Å². The number of likely N-dealkylation sites (tertiary alicyclic amines) is 1. The van der Waals surface area contributed by atoms with E-state index < -0.39 is 0 Å². The average molecular weight is 351 g/mol. The minimum Gasteiger partial charge on any atom is -0.299 e. The van der Waals surface area contributed by atoms with Crippen LogP contribution in [0.3, 0.4) is 0 Å². The van der Waals surface area contributed by atoms with Crippen LogP contribution >= 0.6 is 22.9 Å². The van der Waals surface area contributed by atoms with Gasteiger partial charge in [-0.05, 0) is 38.9 Å². The molecule has 0 aliphatic carbocycles. The number of aromatic nitrogens is 2. The van der Waals surface area contributed by atoms with Gasteiger partial charge in [0, 0.05) is 5.56 Å². The van der Waals surface area contributed by atoms with Crippen LogP contribution in [-0.4, -0.2) is 40.1 Å². The fourth-order valence-electron chi connectivity index (χ4n) is 2.70. The minimum atomic E-state index is -0.150. The number of piperidine rings is 1. The van der Waals surface area contributed by atoms with E-state index in [0.29, 0.717) is 15.2 Å². The van der Waals surface area contributed by atoms with Gasteiger partial charge in [-0.2, -0.15) is 0 Å². The third-order valence-electron chi connectivity index (χ3n) is 4.08. The number of hydrogen-bond donors (Lipinski definition) is 1. The highest BCUT2D eigenvalue weighted by Gasteiger charge is 2.23. The summed E-state index contributed by atoms with van der Waals surface area (Å²) in [5.41, 5.74) is 0.830. The molecule has 122 valence electrons. The van der Waals surface area contributed by atoms with E-state index >= 15 is 0 Å². The summed E-state index contributed by atoms with van der Waals surface area (Å²) in [6.45, 7) is 3.90. The molecule has 1 fully saturated rings. The Morgan fingerprint density at radius 2 is 2.00 bits per heavy atom. The van der Waals surface area contributed by atoms with Gasteiger partial charge in [-0.3, -0.25) is 15.0 Å². The normalized spacial score (nSPS) is 17.0. The number of carbonyl (C=O) groups is 1. The summed E-state index contributed by atoms with van der Waals surface area (Å²) in [6.07, 6.45) is 3.57. The highest BCUT2D eigenvalue weighted by molar-refractivity contribution is 7.18. The van der Waals surface area contributed by atoms with Crippen LogP contribution in [0.25, 0.3) is 10.6 Å². The van der Waals surface area contributed by atoms with Crippen molar-refractivity contribution in [3.05, 3.63) is 29.3 Å². The Bertz CT molecular complexity index is 684. The molecule has 1 unspecified atom stereocenters. The highest BCUT2D eigenvalue weighted by atomic mass is 35.5. The summed E-state index contributed by atoms with van der Waals surface area (Å²) in [5, 5.41) is 12.9. The van der Waals surface area contributed by atoms with Gasteiger partial charge in [-0.1, -0.05) is 47.6 Å². The number of halogens is 1. The lowest BCUT2D eigenvalue weighted by Crippen LogP contribution is -2.44. The summed E-state index contributed by atoms with van der Waals surface area (Å²) >= 11 is 7.51. The van der Waals surface area contributed by atoms with Crippen molar-refractivity contribution in [3.8, 4) is 10.6 Å². The summed E-state index contributed by atoms with van der Waals surface area (Å²) < 4.78 is 0. The van der Waals surface area contributed by atoms with Gasteiger partial charge in [0.2, 0.25) is 11.0 Å². The lowest BCUT2D eigenvalue weighted by molar-refractivity contribution is -0.121. The molecule has 1 aromatic carbocycles. The molecule has 23 heavy (non-hydrogen) atoms. The molecule has 2 aromatic rings. The summed E-state index contributed by atoms with van der Waals surface area (Å²) in [5.74, 6) is -0.0336. The molecule has 3 rings (SSSR count). The van der Waals surface area contributed by atoms with Crippen LogP contribution in [0.4, 0.5) is 5.13 Å². The first-order chi connectivity index (χ1) is 11.1. The fraction of sp³-hybridized carbons (Fsp3) is 0.438. The third-order valence-corrected chi connectivity index (χ3v) is 5.28. The van der Waals surface area contributed by atoms with E-state index in [1.54, 1.807) is 0 Å². The Kier molecular flexibility index (Phi) is 5.25. The molecule has 7 heteroatoms. The van der Waals surface area contributed by atoms with Crippen LogP contribution in [0.5, 0.6) is 0 Å². The van der Waals surface area contributed by atoms with Crippen LogP contribution in [0.2, 0.25) is 5.02 Å². The highest BCUT2D eigenvalue weighted by Crippen LogP contribution is 2.31. The third kappa shape index (κ3) is 3.88. The first-order valence-electron chi connectivity index (χ1n) is 7.78. The molecule has 2 heterocycles. The molecule has 5 nitrogen and oxygen atoms in total. The maximum absolute atomic E-state index is 12.4. The van der Waals surface area contributed by atoms with Gasteiger partial charge < -0.3 is 0 Å². The van der Waals surface area contributed by atoms with Crippen LogP contribution in [0, 0.1) is 0 Å². The molecular weight excluding hydrogens is 332 g/mol. The zero-order chi connectivity index (χ0) is 16.2. The monoisotopic (exact) mass is 350 g/mol. The molecule has 1 saturated heterocycles. The van der Waals surface area contributed by atoms with Crippen molar-refractivity contribution in [2.24, 2.45) is 0 Å². The number of anilines is 1. The molecule has 1 aromatic heterocycles. The lowest BCUT2D eigenvalue weighted by Gasteiger charge is -2.31. The van der Waals surface area contributed by atoms with Gasteiger partial charge >= 0.3 is 0 Å². The number of nitrogens with zero attached hydrogens (tertiary/aromatic N) is 3. The Labute approximate surface area is 144 Å².